The van der Waals surface area contributed by atoms with Crippen LogP contribution in [0.25, 0.3) is 0 Å². The first-order chi connectivity index (χ1) is 16.9. The van der Waals surface area contributed by atoms with Crippen molar-refractivity contribution < 1.29 is 9.53 Å². The number of fused-ring (bicyclic) bond motifs is 1. The van der Waals surface area contributed by atoms with Crippen LogP contribution >= 0.6 is 8.20 Å². The van der Waals surface area contributed by atoms with Crippen molar-refractivity contribution in [2.45, 2.75) is 26.8 Å². The van der Waals surface area contributed by atoms with Crippen LogP contribution in [0.5, 0.6) is 6.01 Å². The number of amides is 1. The molecule has 4 rings (SSSR count). The highest BCUT2D eigenvalue weighted by Gasteiger charge is 2.29. The van der Waals surface area contributed by atoms with Gasteiger partial charge in [-0.15, -0.1) is 8.20 Å². The number of nitrogens with two attached hydrogens (primary N) is 1. The molecular weight excluding hydrogens is 461 g/mol. The minimum atomic E-state index is -0.0264. The van der Waals surface area contributed by atoms with Crippen LogP contribution in [0.3, 0.4) is 0 Å². The number of nitrogen functional groups attached to an aromatic ring is 1. The monoisotopic (exact) mass is 495 g/mol. The second-order valence-electron chi connectivity index (χ2n) is 8.81. The number of aryl methyl sites for hydroxylation is 1. The fourth-order valence-corrected chi connectivity index (χ4v) is 5.43. The normalized spacial score (nSPS) is 15.9. The lowest BCUT2D eigenvalue weighted by Gasteiger charge is -2.38. The van der Waals surface area contributed by atoms with Crippen LogP contribution in [0.2, 0.25) is 0 Å². The molecule has 3 heterocycles. The van der Waals surface area contributed by atoms with Gasteiger partial charge in [0.2, 0.25) is 5.91 Å². The summed E-state index contributed by atoms with van der Waals surface area (Å²) in [6, 6.07) is 2.47. The van der Waals surface area contributed by atoms with Crippen LogP contribution in [-0.4, -0.2) is 73.1 Å². The van der Waals surface area contributed by atoms with Gasteiger partial charge < -0.3 is 24.9 Å². The Hall–Kier alpha value is -3.16. The number of carbonyl (C=O) groups is 1. The van der Waals surface area contributed by atoms with Crippen molar-refractivity contribution >= 4 is 37.1 Å². The number of piperazine rings is 1. The molecule has 35 heavy (non-hydrogen) atoms. The Kier molecular flexibility index (Phi) is 7.57. The van der Waals surface area contributed by atoms with Crippen LogP contribution in [0.4, 0.5) is 17.2 Å². The van der Waals surface area contributed by atoms with E-state index in [0.717, 1.165) is 49.5 Å². The van der Waals surface area contributed by atoms with Crippen molar-refractivity contribution in [3.8, 4) is 6.01 Å². The molecule has 0 aliphatic carbocycles. The first-order valence-electron chi connectivity index (χ1n) is 11.8. The van der Waals surface area contributed by atoms with E-state index < -0.39 is 0 Å². The second kappa shape index (κ2) is 10.6. The average molecular weight is 496 g/mol. The molecule has 2 aliphatic heterocycles. The molecule has 0 saturated carbocycles. The molecule has 1 fully saturated rings. The number of hydrogen-bond acceptors (Lipinski definition) is 8. The third-order valence-electron chi connectivity index (χ3n) is 6.85. The minimum Gasteiger partial charge on any atom is -0.467 e. The Balaban J connectivity index is 1.69. The first kappa shape index (κ1) is 24.9. The Labute approximate surface area is 208 Å². The highest BCUT2D eigenvalue weighted by molar-refractivity contribution is 7.38. The molecule has 0 unspecified atom stereocenters. The van der Waals surface area contributed by atoms with E-state index in [1.165, 1.54) is 22.9 Å². The topological polar surface area (TPSA) is 99.8 Å². The predicted octanol–water partition coefficient (Wildman–Crippen LogP) is 2.51. The van der Waals surface area contributed by atoms with Crippen LogP contribution in [0.1, 0.15) is 27.9 Å². The summed E-state index contributed by atoms with van der Waals surface area (Å²) in [5, 5.41) is 0. The first-order valence-corrected chi connectivity index (χ1v) is 13.2. The van der Waals surface area contributed by atoms with E-state index >= 15 is 0 Å². The Morgan fingerprint density at radius 2 is 1.94 bits per heavy atom. The molecule has 0 bridgehead atoms. The Morgan fingerprint density at radius 1 is 1.20 bits per heavy atom. The zero-order valence-electron chi connectivity index (χ0n) is 21.0. The summed E-state index contributed by atoms with van der Waals surface area (Å²) in [6.45, 7) is 14.2. The van der Waals surface area contributed by atoms with Gasteiger partial charge in [-0.3, -0.25) is 10.6 Å². The van der Waals surface area contributed by atoms with Crippen molar-refractivity contribution in [2.75, 3.05) is 61.7 Å². The molecule has 0 radical (unpaired) electrons. The summed E-state index contributed by atoms with van der Waals surface area (Å²) in [5.74, 6) is 8.98. The Bertz CT molecular complexity index is 1160. The van der Waals surface area contributed by atoms with E-state index in [4.69, 9.17) is 20.5 Å². The lowest BCUT2D eigenvalue weighted by atomic mass is 9.97. The van der Waals surface area contributed by atoms with Crippen molar-refractivity contribution in [3.05, 3.63) is 46.7 Å². The van der Waals surface area contributed by atoms with Gasteiger partial charge in [0, 0.05) is 43.9 Å². The molecule has 1 saturated heterocycles. The molecule has 1 amide bonds. The number of rotatable bonds is 6. The van der Waals surface area contributed by atoms with Crippen LogP contribution in [0, 0.1) is 13.8 Å². The van der Waals surface area contributed by atoms with E-state index in [1.54, 1.807) is 7.11 Å². The van der Waals surface area contributed by atoms with Gasteiger partial charge in [-0.2, -0.15) is 9.97 Å². The summed E-state index contributed by atoms with van der Waals surface area (Å²) < 4.78 is 5.49. The summed E-state index contributed by atoms with van der Waals surface area (Å²) in [6.07, 6.45) is 2.20. The smallest absolute Gasteiger partial charge is 0.318 e. The quantitative estimate of drug-likeness (QED) is 0.273. The zero-order chi connectivity index (χ0) is 25.1. The van der Waals surface area contributed by atoms with Crippen LogP contribution in [0.15, 0.2) is 18.7 Å². The highest BCUT2D eigenvalue weighted by atomic mass is 31.1. The van der Waals surface area contributed by atoms with Crippen LogP contribution in [-0.2, 0) is 17.8 Å². The fourth-order valence-electron chi connectivity index (χ4n) is 4.91. The van der Waals surface area contributed by atoms with Gasteiger partial charge in [-0.05, 0) is 56.0 Å². The summed E-state index contributed by atoms with van der Waals surface area (Å²) in [4.78, 5) is 28.0. The predicted molar refractivity (Wildman–Crippen MR) is 144 cm³/mol. The third-order valence-corrected chi connectivity index (χ3v) is 7.37. The van der Waals surface area contributed by atoms with Crippen molar-refractivity contribution in [3.63, 3.8) is 0 Å². The maximum Gasteiger partial charge on any atom is 0.318 e. The molecule has 3 N–H and O–H groups in total. The van der Waals surface area contributed by atoms with Gasteiger partial charge in [0.15, 0.2) is 0 Å². The van der Waals surface area contributed by atoms with Gasteiger partial charge in [0.1, 0.15) is 5.82 Å². The van der Waals surface area contributed by atoms with Crippen molar-refractivity contribution in [2.24, 2.45) is 5.84 Å². The fraction of sp³-hybridized carbons (Fsp3) is 0.440. The second-order valence-corrected chi connectivity index (χ2v) is 9.58. The summed E-state index contributed by atoms with van der Waals surface area (Å²) in [5.41, 5.74) is 10.7. The largest absolute Gasteiger partial charge is 0.467 e. The van der Waals surface area contributed by atoms with Gasteiger partial charge in [0.05, 0.1) is 30.7 Å². The SMILES string of the molecule is C=CC(=O)N1CCN(c2nc(OC)nc3c2CCN(c2c(C)c(C)cc(NN)c2C=PC)C3)CC1. The zero-order valence-corrected chi connectivity index (χ0v) is 21.9. The molecule has 1 aromatic carbocycles. The molecule has 9 nitrogen and oxygen atoms in total. The van der Waals surface area contributed by atoms with Crippen molar-refractivity contribution in [1.82, 2.24) is 14.9 Å². The molecule has 0 spiro atoms. The number of hydrogen-bond donors (Lipinski definition) is 2. The van der Waals surface area contributed by atoms with Gasteiger partial charge in [0.25, 0.3) is 0 Å². The molecule has 186 valence electrons. The summed E-state index contributed by atoms with van der Waals surface area (Å²) >= 11 is 0. The van der Waals surface area contributed by atoms with Gasteiger partial charge in [-0.1, -0.05) is 6.58 Å². The third kappa shape index (κ3) is 4.83. The number of hydrazine groups is 1. The number of carbonyl (C=O) groups excluding carboxylic acids is 1. The molecular formula is C25H34N7O2P. The number of anilines is 3. The van der Waals surface area contributed by atoms with E-state index in [9.17, 15) is 4.79 Å². The van der Waals surface area contributed by atoms with E-state index in [-0.39, 0.29) is 5.91 Å². The lowest BCUT2D eigenvalue weighted by molar-refractivity contribution is -0.126. The number of nitrogens with zero attached hydrogens (tertiary/aromatic N) is 5. The van der Waals surface area contributed by atoms with Crippen molar-refractivity contribution in [1.29, 1.82) is 0 Å². The molecule has 1 aromatic heterocycles. The van der Waals surface area contributed by atoms with Gasteiger partial charge >= 0.3 is 6.01 Å². The van der Waals surface area contributed by atoms with Gasteiger partial charge in [-0.25, -0.2) is 0 Å². The minimum absolute atomic E-state index is 0.0264. The Morgan fingerprint density at radius 3 is 2.57 bits per heavy atom. The number of methoxy groups -OCH3 is 1. The molecule has 2 aromatic rings. The maximum absolute atomic E-state index is 12.0. The number of aromatic nitrogens is 2. The molecule has 2 aliphatic rings. The van der Waals surface area contributed by atoms with E-state index in [0.29, 0.717) is 38.7 Å². The number of ether oxygens (including phenoxy) is 1. The maximum atomic E-state index is 12.0. The number of nitrogens with one attached hydrogen (secondary N) is 1. The molecule has 0 atom stereocenters. The summed E-state index contributed by atoms with van der Waals surface area (Å²) in [7, 11) is 2.76. The van der Waals surface area contributed by atoms with E-state index in [2.05, 4.69) is 54.2 Å². The van der Waals surface area contributed by atoms with E-state index in [1.807, 2.05) is 4.90 Å². The lowest BCUT2D eigenvalue weighted by Crippen LogP contribution is -2.49. The average Bonchev–Trinajstić information content (AvgIpc) is 2.89. The standard InChI is InChI=1S/C25H34N7O2P/c1-6-22(33)30-9-11-31(12-10-30)24-18-7-8-32(14-21(18)27-25(28-24)34-4)23-17(3)16(2)13-20(29-26)19(23)15-35-5/h6,13,15,29H,1,7-12,14,26H2,2-5H3. The highest BCUT2D eigenvalue weighted by Crippen LogP contribution is 2.37. The van der Waals surface area contributed by atoms with Crippen LogP contribution < -0.4 is 25.8 Å². The molecule has 10 heteroatoms. The number of benzene rings is 1.